The molecule has 9 heavy (non-hydrogen) atoms. The highest BCUT2D eigenvalue weighted by molar-refractivity contribution is 5.84. The predicted molar refractivity (Wildman–Crippen MR) is 36.7 cm³/mol. The first-order valence-electron chi connectivity index (χ1n) is 2.91. The molecule has 0 atom stereocenters. The Morgan fingerprint density at radius 3 is 2.44 bits per heavy atom. The Bertz CT molecular complexity index is 120. The summed E-state index contributed by atoms with van der Waals surface area (Å²) in [7, 11) is 1.60. The summed E-state index contributed by atoms with van der Waals surface area (Å²) in [6.07, 6.45) is 1.01. The Morgan fingerprint density at radius 2 is 2.11 bits per heavy atom. The summed E-state index contributed by atoms with van der Waals surface area (Å²) in [6, 6.07) is 0. The Hall–Kier alpha value is -0.860. The van der Waals surface area contributed by atoms with Gasteiger partial charge in [0, 0.05) is 19.2 Å². The molecule has 3 heteroatoms. The zero-order chi connectivity index (χ0) is 7.28. The van der Waals surface area contributed by atoms with Crippen molar-refractivity contribution in [2.45, 2.75) is 19.8 Å². The van der Waals surface area contributed by atoms with E-state index in [1.807, 2.05) is 0 Å². The number of carbonyl (C=O) groups excluding carboxylic acids is 1. The van der Waals surface area contributed by atoms with Crippen LogP contribution >= 0.6 is 0 Å². The van der Waals surface area contributed by atoms with Crippen LogP contribution in [0.15, 0.2) is 0 Å². The van der Waals surface area contributed by atoms with Gasteiger partial charge in [0.05, 0.1) is 0 Å². The molecule has 0 aromatic rings. The van der Waals surface area contributed by atoms with Crippen LogP contribution in [0.2, 0.25) is 0 Å². The number of amides is 1. The van der Waals surface area contributed by atoms with Crippen LogP contribution in [0.5, 0.6) is 0 Å². The van der Waals surface area contributed by atoms with Crippen molar-refractivity contribution < 1.29 is 4.79 Å². The minimum absolute atomic E-state index is 0.00148. The van der Waals surface area contributed by atoms with Crippen LogP contribution in [0.25, 0.3) is 0 Å². The lowest BCUT2D eigenvalue weighted by molar-refractivity contribution is -0.120. The topological polar surface area (TPSA) is 53.0 Å². The first-order chi connectivity index (χ1) is 4.16. The molecule has 0 saturated heterocycles. The lowest BCUT2D eigenvalue weighted by Gasteiger charge is -1.95. The fourth-order valence-electron chi connectivity index (χ4n) is 0.426. The molecule has 0 unspecified atom stereocenters. The number of hydrogen-bond acceptors (Lipinski definition) is 2. The van der Waals surface area contributed by atoms with Crippen LogP contribution in [0, 0.1) is 5.41 Å². The molecule has 52 valence electrons. The molecule has 0 saturated carbocycles. The molecule has 0 aliphatic carbocycles. The van der Waals surface area contributed by atoms with Crippen molar-refractivity contribution in [3.05, 3.63) is 0 Å². The monoisotopic (exact) mass is 128 g/mol. The van der Waals surface area contributed by atoms with Crippen molar-refractivity contribution in [3.63, 3.8) is 0 Å². The van der Waals surface area contributed by atoms with Crippen molar-refractivity contribution in [2.75, 3.05) is 7.05 Å². The molecule has 0 heterocycles. The fourth-order valence-corrected chi connectivity index (χ4v) is 0.426. The molecular weight excluding hydrogens is 116 g/mol. The van der Waals surface area contributed by atoms with Gasteiger partial charge in [-0.1, -0.05) is 0 Å². The second-order valence-electron chi connectivity index (χ2n) is 1.95. The first-order valence-corrected chi connectivity index (χ1v) is 2.91. The van der Waals surface area contributed by atoms with Crippen molar-refractivity contribution in [1.29, 1.82) is 5.41 Å². The SMILES string of the molecule is CNC(=O)CCC(C)=N. The molecule has 0 rings (SSSR count). The Labute approximate surface area is 55.0 Å². The molecule has 3 nitrogen and oxygen atoms in total. The maximum absolute atomic E-state index is 10.5. The molecule has 0 radical (unpaired) electrons. The number of hydrogen-bond donors (Lipinski definition) is 2. The van der Waals surface area contributed by atoms with E-state index in [0.29, 0.717) is 18.6 Å². The van der Waals surface area contributed by atoms with Crippen LogP contribution in [-0.4, -0.2) is 18.7 Å². The maximum atomic E-state index is 10.5. The standard InChI is InChI=1S/C6H12N2O/c1-5(7)3-4-6(9)8-2/h7H,3-4H2,1-2H3,(H,8,9). The molecule has 1 amide bonds. The fraction of sp³-hybridized carbons (Fsp3) is 0.667. The van der Waals surface area contributed by atoms with E-state index < -0.39 is 0 Å². The van der Waals surface area contributed by atoms with Crippen molar-refractivity contribution >= 4 is 11.6 Å². The van der Waals surface area contributed by atoms with E-state index >= 15 is 0 Å². The van der Waals surface area contributed by atoms with Crippen LogP contribution in [-0.2, 0) is 4.79 Å². The Morgan fingerprint density at radius 1 is 1.56 bits per heavy atom. The minimum Gasteiger partial charge on any atom is -0.359 e. The van der Waals surface area contributed by atoms with Gasteiger partial charge in [-0.15, -0.1) is 0 Å². The van der Waals surface area contributed by atoms with Gasteiger partial charge in [0.2, 0.25) is 5.91 Å². The highest BCUT2D eigenvalue weighted by atomic mass is 16.1. The third-order valence-corrected chi connectivity index (χ3v) is 1.01. The van der Waals surface area contributed by atoms with Crippen LogP contribution in [0.3, 0.4) is 0 Å². The van der Waals surface area contributed by atoms with E-state index in [-0.39, 0.29) is 5.91 Å². The van der Waals surface area contributed by atoms with Crippen LogP contribution < -0.4 is 5.32 Å². The van der Waals surface area contributed by atoms with E-state index in [9.17, 15) is 4.79 Å². The van der Waals surface area contributed by atoms with E-state index in [1.165, 1.54) is 0 Å². The molecule has 0 aliphatic heterocycles. The molecule has 0 aromatic heterocycles. The van der Waals surface area contributed by atoms with Crippen molar-refractivity contribution in [1.82, 2.24) is 5.32 Å². The van der Waals surface area contributed by atoms with E-state index in [2.05, 4.69) is 5.32 Å². The van der Waals surface area contributed by atoms with Crippen molar-refractivity contribution in [2.24, 2.45) is 0 Å². The third kappa shape index (κ3) is 5.00. The molecule has 0 fully saturated rings. The first kappa shape index (κ1) is 8.14. The Kier molecular flexibility index (Phi) is 3.67. The van der Waals surface area contributed by atoms with E-state index in [4.69, 9.17) is 5.41 Å². The third-order valence-electron chi connectivity index (χ3n) is 1.01. The van der Waals surface area contributed by atoms with Gasteiger partial charge in [0.15, 0.2) is 0 Å². The quantitative estimate of drug-likeness (QED) is 0.536. The lowest BCUT2D eigenvalue weighted by atomic mass is 10.2. The van der Waals surface area contributed by atoms with Gasteiger partial charge < -0.3 is 10.7 Å². The van der Waals surface area contributed by atoms with Crippen LogP contribution in [0.1, 0.15) is 19.8 Å². The zero-order valence-corrected chi connectivity index (χ0v) is 5.82. The number of carbonyl (C=O) groups is 1. The van der Waals surface area contributed by atoms with Gasteiger partial charge in [0.1, 0.15) is 0 Å². The van der Waals surface area contributed by atoms with Gasteiger partial charge in [0.25, 0.3) is 0 Å². The van der Waals surface area contributed by atoms with Crippen LogP contribution in [0.4, 0.5) is 0 Å². The molecule has 2 N–H and O–H groups in total. The molecule has 0 spiro atoms. The molecule has 0 aliphatic rings. The van der Waals surface area contributed by atoms with E-state index in [1.54, 1.807) is 14.0 Å². The lowest BCUT2D eigenvalue weighted by Crippen LogP contribution is -2.17. The highest BCUT2D eigenvalue weighted by Gasteiger charge is 1.96. The summed E-state index contributed by atoms with van der Waals surface area (Å²) < 4.78 is 0. The second-order valence-corrected chi connectivity index (χ2v) is 1.95. The summed E-state index contributed by atoms with van der Waals surface area (Å²) >= 11 is 0. The molecule has 0 aromatic carbocycles. The van der Waals surface area contributed by atoms with Gasteiger partial charge in [-0.2, -0.15) is 0 Å². The average molecular weight is 128 g/mol. The summed E-state index contributed by atoms with van der Waals surface area (Å²) in [5, 5.41) is 9.47. The summed E-state index contributed by atoms with van der Waals surface area (Å²) in [4.78, 5) is 10.5. The normalized spacial score (nSPS) is 8.67. The molecular formula is C6H12N2O. The molecule has 0 bridgehead atoms. The summed E-state index contributed by atoms with van der Waals surface area (Å²) in [5.41, 5.74) is 0.554. The predicted octanol–water partition coefficient (Wildman–Crippen LogP) is 0.552. The number of nitrogens with one attached hydrogen (secondary N) is 2. The van der Waals surface area contributed by atoms with Gasteiger partial charge in [-0.05, 0) is 13.3 Å². The van der Waals surface area contributed by atoms with Crippen molar-refractivity contribution in [3.8, 4) is 0 Å². The summed E-state index contributed by atoms with van der Waals surface area (Å²) in [5.74, 6) is 0.00148. The van der Waals surface area contributed by atoms with Gasteiger partial charge in [-0.25, -0.2) is 0 Å². The average Bonchev–Trinajstić information content (AvgIpc) is 1.83. The van der Waals surface area contributed by atoms with E-state index in [0.717, 1.165) is 0 Å². The highest BCUT2D eigenvalue weighted by Crippen LogP contribution is 1.88. The maximum Gasteiger partial charge on any atom is 0.220 e. The smallest absolute Gasteiger partial charge is 0.220 e. The largest absolute Gasteiger partial charge is 0.359 e. The summed E-state index contributed by atoms with van der Waals surface area (Å²) in [6.45, 7) is 1.70. The second kappa shape index (κ2) is 4.06. The zero-order valence-electron chi connectivity index (χ0n) is 5.82. The van der Waals surface area contributed by atoms with Gasteiger partial charge >= 0.3 is 0 Å². The minimum atomic E-state index is 0.00148. The van der Waals surface area contributed by atoms with Gasteiger partial charge in [-0.3, -0.25) is 4.79 Å². The Balaban J connectivity index is 3.28. The number of rotatable bonds is 3.